The Morgan fingerprint density at radius 1 is 1.26 bits per heavy atom. The average molecular weight is 261 g/mol. The lowest BCUT2D eigenvalue weighted by Gasteiger charge is -2.36. The van der Waals surface area contributed by atoms with Crippen LogP contribution in [-0.4, -0.2) is 15.7 Å². The van der Waals surface area contributed by atoms with Crippen LogP contribution in [0.5, 0.6) is 0 Å². The smallest absolute Gasteiger partial charge is 0.228 e. The molecule has 1 fully saturated rings. The molecule has 1 aliphatic carbocycles. The predicted octanol–water partition coefficient (Wildman–Crippen LogP) is 2.22. The van der Waals surface area contributed by atoms with Gasteiger partial charge >= 0.3 is 0 Å². The van der Waals surface area contributed by atoms with Crippen LogP contribution in [0.3, 0.4) is 0 Å². The van der Waals surface area contributed by atoms with Crippen molar-refractivity contribution in [1.82, 2.24) is 10.1 Å². The summed E-state index contributed by atoms with van der Waals surface area (Å²) in [5, 5.41) is 3.94. The largest absolute Gasteiger partial charge is 0.339 e. The monoisotopic (exact) mass is 261 g/mol. The second-order valence-corrected chi connectivity index (χ2v) is 5.30. The Bertz CT molecular complexity index is 560. The quantitative estimate of drug-likeness (QED) is 0.916. The Balaban J connectivity index is 1.66. The van der Waals surface area contributed by atoms with Gasteiger partial charge in [0.1, 0.15) is 5.82 Å². The number of rotatable bonds is 4. The van der Waals surface area contributed by atoms with Gasteiger partial charge in [0.05, 0.1) is 0 Å². The molecule has 0 unspecified atom stereocenters. The molecule has 100 valence electrons. The Morgan fingerprint density at radius 2 is 2.00 bits per heavy atom. The Morgan fingerprint density at radius 3 is 2.63 bits per heavy atom. The lowest BCUT2D eigenvalue weighted by Crippen LogP contribution is -2.48. The summed E-state index contributed by atoms with van der Waals surface area (Å²) < 4.78 is 18.0. The van der Waals surface area contributed by atoms with Gasteiger partial charge < -0.3 is 10.3 Å². The van der Waals surface area contributed by atoms with E-state index >= 15 is 0 Å². The van der Waals surface area contributed by atoms with E-state index in [0.717, 1.165) is 18.4 Å². The molecule has 1 aliphatic rings. The molecule has 0 spiro atoms. The van der Waals surface area contributed by atoms with E-state index in [2.05, 4.69) is 10.1 Å². The Kier molecular flexibility index (Phi) is 3.06. The normalized spacial score (nSPS) is 17.2. The van der Waals surface area contributed by atoms with Gasteiger partial charge in [0.2, 0.25) is 5.89 Å². The van der Waals surface area contributed by atoms with Crippen LogP contribution in [0.2, 0.25) is 0 Å². The molecule has 0 aliphatic heterocycles. The number of nitrogens with two attached hydrogens (primary N) is 1. The Labute approximate surface area is 110 Å². The molecule has 2 aromatic rings. The molecule has 0 radical (unpaired) electrons. The first-order valence-corrected chi connectivity index (χ1v) is 6.48. The van der Waals surface area contributed by atoms with Gasteiger partial charge in [-0.15, -0.1) is 0 Å². The highest BCUT2D eigenvalue weighted by molar-refractivity contribution is 5.19. The molecule has 1 aromatic heterocycles. The number of aromatic nitrogens is 2. The van der Waals surface area contributed by atoms with Gasteiger partial charge in [-0.1, -0.05) is 17.3 Å². The molecule has 1 aromatic carbocycles. The summed E-state index contributed by atoms with van der Waals surface area (Å²) in [5.74, 6) is 0.969. The average Bonchev–Trinajstić information content (AvgIpc) is 2.77. The molecule has 5 heteroatoms. The third kappa shape index (κ3) is 2.81. The number of hydrogen-bond donors (Lipinski definition) is 1. The van der Waals surface area contributed by atoms with Gasteiger partial charge in [-0.2, -0.15) is 4.98 Å². The van der Waals surface area contributed by atoms with E-state index in [4.69, 9.17) is 10.3 Å². The highest BCUT2D eigenvalue weighted by Gasteiger charge is 2.34. The van der Waals surface area contributed by atoms with E-state index < -0.39 is 0 Å². The summed E-state index contributed by atoms with van der Waals surface area (Å²) in [6.07, 6.45) is 4.39. The fourth-order valence-corrected chi connectivity index (χ4v) is 2.33. The zero-order chi connectivity index (χ0) is 13.3. The number of nitrogens with zero attached hydrogens (tertiary/aromatic N) is 2. The fraction of sp³-hybridized carbons (Fsp3) is 0.429. The van der Waals surface area contributed by atoms with Crippen LogP contribution in [-0.2, 0) is 12.8 Å². The van der Waals surface area contributed by atoms with Crippen LogP contribution in [0.15, 0.2) is 28.8 Å². The number of halogens is 1. The van der Waals surface area contributed by atoms with E-state index in [-0.39, 0.29) is 11.4 Å². The zero-order valence-corrected chi connectivity index (χ0v) is 10.6. The minimum absolute atomic E-state index is 0.153. The Hall–Kier alpha value is -1.75. The molecule has 1 saturated carbocycles. The molecular weight excluding hydrogens is 245 g/mol. The topological polar surface area (TPSA) is 64.9 Å². The second kappa shape index (κ2) is 4.74. The fourth-order valence-electron chi connectivity index (χ4n) is 2.33. The first kappa shape index (κ1) is 12.3. The summed E-state index contributed by atoms with van der Waals surface area (Å²) in [4.78, 5) is 4.34. The summed E-state index contributed by atoms with van der Waals surface area (Å²) in [6.45, 7) is 0. The maximum atomic E-state index is 12.8. The number of hydrogen-bond acceptors (Lipinski definition) is 4. The van der Waals surface area contributed by atoms with Gasteiger partial charge in [-0.05, 0) is 37.0 Å². The van der Waals surface area contributed by atoms with Crippen molar-refractivity contribution in [2.24, 2.45) is 5.73 Å². The lowest BCUT2D eigenvalue weighted by molar-refractivity contribution is 0.221. The van der Waals surface area contributed by atoms with Crippen molar-refractivity contribution >= 4 is 0 Å². The minimum Gasteiger partial charge on any atom is -0.339 e. The predicted molar refractivity (Wildman–Crippen MR) is 68.0 cm³/mol. The molecule has 0 saturated heterocycles. The standard InChI is InChI=1S/C14H16FN3O/c15-11-4-2-10(3-5-11)8-12-17-13(19-18-12)9-14(16)6-1-7-14/h2-5H,1,6-9,16H2. The molecule has 0 atom stereocenters. The molecule has 0 amide bonds. The van der Waals surface area contributed by atoms with Gasteiger partial charge in [0.15, 0.2) is 5.82 Å². The zero-order valence-electron chi connectivity index (χ0n) is 10.6. The van der Waals surface area contributed by atoms with Crippen LogP contribution >= 0.6 is 0 Å². The summed E-state index contributed by atoms with van der Waals surface area (Å²) in [7, 11) is 0. The van der Waals surface area contributed by atoms with Gasteiger partial charge in [0, 0.05) is 18.4 Å². The van der Waals surface area contributed by atoms with Crippen LogP contribution < -0.4 is 5.73 Å². The van der Waals surface area contributed by atoms with E-state index in [9.17, 15) is 4.39 Å². The van der Waals surface area contributed by atoms with E-state index in [1.165, 1.54) is 18.6 Å². The van der Waals surface area contributed by atoms with Crippen molar-refractivity contribution in [3.63, 3.8) is 0 Å². The van der Waals surface area contributed by atoms with E-state index in [0.29, 0.717) is 24.6 Å². The van der Waals surface area contributed by atoms with Gasteiger partial charge in [-0.25, -0.2) is 4.39 Å². The molecular formula is C14H16FN3O. The van der Waals surface area contributed by atoms with Crippen molar-refractivity contribution in [3.8, 4) is 0 Å². The van der Waals surface area contributed by atoms with Crippen LogP contribution in [0.25, 0.3) is 0 Å². The van der Waals surface area contributed by atoms with Crippen molar-refractivity contribution in [1.29, 1.82) is 0 Å². The van der Waals surface area contributed by atoms with E-state index in [1.807, 2.05) is 0 Å². The van der Waals surface area contributed by atoms with Gasteiger partial charge in [0.25, 0.3) is 0 Å². The van der Waals surface area contributed by atoms with Crippen molar-refractivity contribution < 1.29 is 8.91 Å². The molecule has 2 N–H and O–H groups in total. The van der Waals surface area contributed by atoms with Crippen LogP contribution in [0.1, 0.15) is 36.5 Å². The maximum absolute atomic E-state index is 12.8. The van der Waals surface area contributed by atoms with Crippen LogP contribution in [0.4, 0.5) is 4.39 Å². The van der Waals surface area contributed by atoms with Crippen molar-refractivity contribution in [3.05, 3.63) is 47.4 Å². The molecule has 1 heterocycles. The first-order chi connectivity index (χ1) is 9.13. The van der Waals surface area contributed by atoms with Crippen molar-refractivity contribution in [2.45, 2.75) is 37.6 Å². The summed E-state index contributed by atoms with van der Waals surface area (Å²) in [5.41, 5.74) is 6.95. The highest BCUT2D eigenvalue weighted by atomic mass is 19.1. The third-order valence-electron chi connectivity index (χ3n) is 3.64. The summed E-state index contributed by atoms with van der Waals surface area (Å²) in [6, 6.07) is 6.31. The molecule has 4 nitrogen and oxygen atoms in total. The third-order valence-corrected chi connectivity index (χ3v) is 3.64. The molecule has 0 bridgehead atoms. The highest BCUT2D eigenvalue weighted by Crippen LogP contribution is 2.31. The molecule has 19 heavy (non-hydrogen) atoms. The lowest BCUT2D eigenvalue weighted by atomic mass is 9.75. The minimum atomic E-state index is -0.243. The van der Waals surface area contributed by atoms with Crippen molar-refractivity contribution in [2.75, 3.05) is 0 Å². The molecule has 3 rings (SSSR count). The first-order valence-electron chi connectivity index (χ1n) is 6.48. The summed E-state index contributed by atoms with van der Waals surface area (Å²) >= 11 is 0. The SMILES string of the molecule is NC1(Cc2nc(Cc3ccc(F)cc3)no2)CCC1. The van der Waals surface area contributed by atoms with Crippen LogP contribution in [0, 0.1) is 5.82 Å². The number of benzene rings is 1. The van der Waals surface area contributed by atoms with E-state index in [1.54, 1.807) is 12.1 Å². The second-order valence-electron chi connectivity index (χ2n) is 5.30. The maximum Gasteiger partial charge on any atom is 0.228 e. The van der Waals surface area contributed by atoms with Gasteiger partial charge in [-0.3, -0.25) is 0 Å².